The summed E-state index contributed by atoms with van der Waals surface area (Å²) in [6.45, 7) is 5.50. The third kappa shape index (κ3) is 3.13. The Bertz CT molecular complexity index is 370. The fraction of sp³-hybridized carbons (Fsp3) is 0.643. The summed E-state index contributed by atoms with van der Waals surface area (Å²) in [4.78, 5) is 6.63. The summed E-state index contributed by atoms with van der Waals surface area (Å²) in [5.41, 5.74) is 1.22. The number of ether oxygens (including phenoxy) is 1. The number of hydrogen-bond donors (Lipinski definition) is 1. The van der Waals surface area contributed by atoms with Crippen LogP contribution < -0.4 is 15.0 Å². The molecule has 4 heteroatoms. The predicted octanol–water partition coefficient (Wildman–Crippen LogP) is 2.06. The monoisotopic (exact) mass is 249 g/mol. The topological polar surface area (TPSA) is 37.4 Å². The first-order valence-corrected chi connectivity index (χ1v) is 6.82. The van der Waals surface area contributed by atoms with Crippen LogP contribution in [0.2, 0.25) is 0 Å². The molecule has 2 rings (SSSR count). The number of nitrogens with zero attached hydrogens (tertiary/aromatic N) is 2. The van der Waals surface area contributed by atoms with E-state index in [1.54, 1.807) is 7.11 Å². The molecule has 1 aromatic heterocycles. The first-order chi connectivity index (χ1) is 8.85. The average molecular weight is 249 g/mol. The van der Waals surface area contributed by atoms with Gasteiger partial charge in [-0.1, -0.05) is 6.92 Å². The molecular weight excluding hydrogens is 226 g/mol. The molecule has 100 valence electrons. The van der Waals surface area contributed by atoms with E-state index in [1.165, 1.54) is 24.9 Å². The van der Waals surface area contributed by atoms with Gasteiger partial charge in [0.2, 0.25) is 5.88 Å². The van der Waals surface area contributed by atoms with E-state index in [2.05, 4.69) is 28.2 Å². The Kier molecular flexibility index (Phi) is 4.81. The maximum absolute atomic E-state index is 5.19. The number of aromatic nitrogens is 1. The van der Waals surface area contributed by atoms with Crippen molar-refractivity contribution in [3.63, 3.8) is 0 Å². The highest BCUT2D eigenvalue weighted by molar-refractivity contribution is 5.50. The number of pyridine rings is 1. The second-order valence-corrected chi connectivity index (χ2v) is 4.75. The fourth-order valence-corrected chi connectivity index (χ4v) is 2.52. The van der Waals surface area contributed by atoms with Gasteiger partial charge in [0.15, 0.2) is 0 Å². The molecule has 0 saturated carbocycles. The normalized spacial score (nSPS) is 19.2. The van der Waals surface area contributed by atoms with Crippen molar-refractivity contribution in [1.82, 2.24) is 10.3 Å². The van der Waals surface area contributed by atoms with Gasteiger partial charge < -0.3 is 15.0 Å². The Morgan fingerprint density at radius 1 is 1.56 bits per heavy atom. The summed E-state index contributed by atoms with van der Waals surface area (Å²) in [5.74, 6) is 0.694. The minimum Gasteiger partial charge on any atom is -0.481 e. The van der Waals surface area contributed by atoms with Crippen LogP contribution in [0.15, 0.2) is 18.3 Å². The van der Waals surface area contributed by atoms with Gasteiger partial charge >= 0.3 is 0 Å². The molecule has 1 saturated heterocycles. The van der Waals surface area contributed by atoms with E-state index in [-0.39, 0.29) is 0 Å². The van der Waals surface area contributed by atoms with Gasteiger partial charge in [0.1, 0.15) is 0 Å². The quantitative estimate of drug-likeness (QED) is 0.783. The third-order valence-electron chi connectivity index (χ3n) is 3.44. The van der Waals surface area contributed by atoms with Crippen molar-refractivity contribution in [2.45, 2.75) is 32.2 Å². The van der Waals surface area contributed by atoms with Crippen molar-refractivity contribution in [3.05, 3.63) is 18.3 Å². The van der Waals surface area contributed by atoms with Crippen molar-refractivity contribution in [2.24, 2.45) is 0 Å². The first kappa shape index (κ1) is 13.1. The van der Waals surface area contributed by atoms with Crippen LogP contribution in [0.1, 0.15) is 26.2 Å². The van der Waals surface area contributed by atoms with E-state index in [0.29, 0.717) is 11.9 Å². The standard InChI is InChI=1S/C14H23N3O/c1-3-7-15-11-13-5-4-9-17(13)12-6-8-16-14(10-12)18-2/h6,8,10,13,15H,3-5,7,9,11H2,1-2H3. The molecule has 0 amide bonds. The van der Waals surface area contributed by atoms with Crippen LogP contribution in [-0.4, -0.2) is 37.8 Å². The van der Waals surface area contributed by atoms with E-state index < -0.39 is 0 Å². The molecule has 18 heavy (non-hydrogen) atoms. The van der Waals surface area contributed by atoms with E-state index in [9.17, 15) is 0 Å². The SMILES string of the molecule is CCCNCC1CCCN1c1ccnc(OC)c1. The minimum atomic E-state index is 0.601. The van der Waals surface area contributed by atoms with Gasteiger partial charge in [-0.2, -0.15) is 0 Å². The second-order valence-electron chi connectivity index (χ2n) is 4.75. The molecule has 2 heterocycles. The Morgan fingerprint density at radius 3 is 3.22 bits per heavy atom. The summed E-state index contributed by atoms with van der Waals surface area (Å²) < 4.78 is 5.19. The molecule has 4 nitrogen and oxygen atoms in total. The molecule has 1 aliphatic heterocycles. The minimum absolute atomic E-state index is 0.601. The molecule has 1 unspecified atom stereocenters. The molecule has 1 aliphatic rings. The third-order valence-corrected chi connectivity index (χ3v) is 3.44. The highest BCUT2D eigenvalue weighted by atomic mass is 16.5. The number of rotatable bonds is 6. The molecular formula is C14H23N3O. The Hall–Kier alpha value is -1.29. The lowest BCUT2D eigenvalue weighted by molar-refractivity contribution is 0.398. The van der Waals surface area contributed by atoms with Gasteiger partial charge in [-0.15, -0.1) is 0 Å². The summed E-state index contributed by atoms with van der Waals surface area (Å²) in [7, 11) is 1.66. The smallest absolute Gasteiger partial charge is 0.214 e. The van der Waals surface area contributed by atoms with Crippen LogP contribution in [0.3, 0.4) is 0 Å². The van der Waals surface area contributed by atoms with E-state index in [1.807, 2.05) is 12.3 Å². The molecule has 0 radical (unpaired) electrons. The molecule has 0 aromatic carbocycles. The van der Waals surface area contributed by atoms with Gasteiger partial charge in [0.25, 0.3) is 0 Å². The van der Waals surface area contributed by atoms with Crippen molar-refractivity contribution in [1.29, 1.82) is 0 Å². The zero-order valence-corrected chi connectivity index (χ0v) is 11.4. The van der Waals surface area contributed by atoms with E-state index in [4.69, 9.17) is 4.74 Å². The molecule has 1 fully saturated rings. The lowest BCUT2D eigenvalue weighted by Gasteiger charge is -2.27. The van der Waals surface area contributed by atoms with Gasteiger partial charge in [0.05, 0.1) is 7.11 Å². The molecule has 1 N–H and O–H groups in total. The molecule has 0 bridgehead atoms. The van der Waals surface area contributed by atoms with E-state index >= 15 is 0 Å². The summed E-state index contributed by atoms with van der Waals surface area (Å²) in [6, 6.07) is 4.70. The van der Waals surface area contributed by atoms with Crippen molar-refractivity contribution < 1.29 is 4.74 Å². The van der Waals surface area contributed by atoms with Crippen LogP contribution in [0.25, 0.3) is 0 Å². The van der Waals surface area contributed by atoms with Crippen molar-refractivity contribution in [3.8, 4) is 5.88 Å². The number of hydrogen-bond acceptors (Lipinski definition) is 4. The summed E-state index contributed by atoms with van der Waals surface area (Å²) in [6.07, 6.45) is 5.54. The number of nitrogens with one attached hydrogen (secondary N) is 1. The Labute approximate surface area is 109 Å². The fourth-order valence-electron chi connectivity index (χ4n) is 2.52. The number of anilines is 1. The average Bonchev–Trinajstić information content (AvgIpc) is 2.87. The Balaban J connectivity index is 2.01. The van der Waals surface area contributed by atoms with Crippen LogP contribution in [-0.2, 0) is 0 Å². The predicted molar refractivity (Wildman–Crippen MR) is 74.3 cm³/mol. The highest BCUT2D eigenvalue weighted by Crippen LogP contribution is 2.26. The van der Waals surface area contributed by atoms with Crippen molar-refractivity contribution >= 4 is 5.69 Å². The van der Waals surface area contributed by atoms with Gasteiger partial charge in [-0.25, -0.2) is 4.98 Å². The maximum atomic E-state index is 5.19. The molecule has 1 atom stereocenters. The first-order valence-electron chi connectivity index (χ1n) is 6.82. The second kappa shape index (κ2) is 6.59. The zero-order chi connectivity index (χ0) is 12.8. The largest absolute Gasteiger partial charge is 0.481 e. The lowest BCUT2D eigenvalue weighted by atomic mass is 10.2. The van der Waals surface area contributed by atoms with Crippen molar-refractivity contribution in [2.75, 3.05) is 31.6 Å². The Morgan fingerprint density at radius 2 is 2.44 bits per heavy atom. The van der Waals surface area contributed by atoms with Crippen LogP contribution in [0.4, 0.5) is 5.69 Å². The van der Waals surface area contributed by atoms with Crippen LogP contribution >= 0.6 is 0 Å². The van der Waals surface area contributed by atoms with Gasteiger partial charge in [0, 0.05) is 37.1 Å². The zero-order valence-electron chi connectivity index (χ0n) is 11.4. The summed E-state index contributed by atoms with van der Waals surface area (Å²) >= 11 is 0. The van der Waals surface area contributed by atoms with Crippen LogP contribution in [0.5, 0.6) is 5.88 Å². The molecule has 0 aliphatic carbocycles. The maximum Gasteiger partial charge on any atom is 0.214 e. The van der Waals surface area contributed by atoms with Gasteiger partial charge in [-0.3, -0.25) is 0 Å². The number of methoxy groups -OCH3 is 1. The van der Waals surface area contributed by atoms with Gasteiger partial charge in [-0.05, 0) is 31.9 Å². The lowest BCUT2D eigenvalue weighted by Crippen LogP contribution is -2.38. The van der Waals surface area contributed by atoms with E-state index in [0.717, 1.165) is 19.6 Å². The molecule has 0 spiro atoms. The highest BCUT2D eigenvalue weighted by Gasteiger charge is 2.24. The molecule has 1 aromatic rings. The summed E-state index contributed by atoms with van der Waals surface area (Å²) in [5, 5.41) is 3.52. The van der Waals surface area contributed by atoms with Crippen LogP contribution in [0, 0.1) is 0 Å².